The molecule has 7 nitrogen and oxygen atoms in total. The van der Waals surface area contributed by atoms with Crippen LogP contribution in [0.25, 0.3) is 0 Å². The maximum absolute atomic E-state index is 11.8. The van der Waals surface area contributed by atoms with Crippen molar-refractivity contribution in [3.8, 4) is 0 Å². The Hall–Kier alpha value is -2.31. The summed E-state index contributed by atoms with van der Waals surface area (Å²) in [5.74, 6) is -3.05. The highest BCUT2D eigenvalue weighted by Crippen LogP contribution is 2.22. The third kappa shape index (κ3) is 5.59. The van der Waals surface area contributed by atoms with Gasteiger partial charge in [0.2, 0.25) is 5.91 Å². The molecule has 1 rings (SSSR count). The molecule has 0 saturated heterocycles. The molecular weight excluding hydrogens is 288 g/mol. The van der Waals surface area contributed by atoms with E-state index in [1.807, 2.05) is 13.8 Å². The lowest BCUT2D eigenvalue weighted by Gasteiger charge is -2.26. The van der Waals surface area contributed by atoms with E-state index in [-0.39, 0.29) is 18.1 Å². The zero-order valence-corrected chi connectivity index (χ0v) is 12.9. The molecule has 0 aliphatic rings. The van der Waals surface area contributed by atoms with Gasteiger partial charge in [0.1, 0.15) is 0 Å². The van der Waals surface area contributed by atoms with Crippen molar-refractivity contribution in [1.82, 2.24) is 10.9 Å². The van der Waals surface area contributed by atoms with Crippen LogP contribution >= 0.6 is 0 Å². The van der Waals surface area contributed by atoms with Gasteiger partial charge in [0.05, 0.1) is 6.26 Å². The van der Waals surface area contributed by atoms with Gasteiger partial charge < -0.3 is 14.3 Å². The molecular formula is C15H21N2O5-. The fraction of sp³-hybridized carbons (Fsp3) is 0.533. The van der Waals surface area contributed by atoms with Crippen LogP contribution in [0.1, 0.15) is 44.2 Å². The average molecular weight is 309 g/mol. The van der Waals surface area contributed by atoms with Crippen LogP contribution < -0.4 is 16.0 Å². The Labute approximate surface area is 129 Å². The molecule has 0 saturated carbocycles. The molecule has 122 valence electrons. The van der Waals surface area contributed by atoms with Crippen LogP contribution in [0, 0.1) is 17.8 Å². The molecule has 0 bridgehead atoms. The van der Waals surface area contributed by atoms with Crippen molar-refractivity contribution in [2.75, 3.05) is 0 Å². The average Bonchev–Trinajstić information content (AvgIpc) is 2.95. The molecule has 2 atom stereocenters. The van der Waals surface area contributed by atoms with Crippen LogP contribution in [-0.4, -0.2) is 17.8 Å². The van der Waals surface area contributed by atoms with Crippen LogP contribution in [0.15, 0.2) is 22.8 Å². The zero-order chi connectivity index (χ0) is 16.7. The Bertz CT molecular complexity index is 510. The number of carbonyl (C=O) groups excluding carboxylic acids is 3. The normalized spacial score (nSPS) is 13.5. The number of hydrogen-bond donors (Lipinski definition) is 2. The minimum absolute atomic E-state index is 0.0240. The summed E-state index contributed by atoms with van der Waals surface area (Å²) in [5.41, 5.74) is 4.44. The van der Waals surface area contributed by atoms with Crippen LogP contribution in [0.3, 0.4) is 0 Å². The summed E-state index contributed by atoms with van der Waals surface area (Å²) in [6.45, 7) is 5.50. The maximum atomic E-state index is 11.8. The smallest absolute Gasteiger partial charge is 0.305 e. The SMILES string of the molecule is CC(C)C[C@@H](C(=O)[O-])[C@@H](C)CC(=O)NNC(=O)c1ccco1. The number of carboxylic acids is 1. The van der Waals surface area contributed by atoms with Crippen molar-refractivity contribution in [1.29, 1.82) is 0 Å². The van der Waals surface area contributed by atoms with E-state index in [0.29, 0.717) is 6.42 Å². The fourth-order valence-corrected chi connectivity index (χ4v) is 2.15. The number of carboxylic acid groups (broad SMARTS) is 1. The number of rotatable bonds is 7. The summed E-state index contributed by atoms with van der Waals surface area (Å²) in [5, 5.41) is 11.2. The quantitative estimate of drug-likeness (QED) is 0.711. The molecule has 2 N–H and O–H groups in total. The van der Waals surface area contributed by atoms with Gasteiger partial charge in [-0.3, -0.25) is 20.4 Å². The maximum Gasteiger partial charge on any atom is 0.305 e. The lowest BCUT2D eigenvalue weighted by atomic mass is 9.84. The van der Waals surface area contributed by atoms with Crippen molar-refractivity contribution in [3.05, 3.63) is 24.2 Å². The molecule has 1 heterocycles. The number of hydrogen-bond acceptors (Lipinski definition) is 5. The number of nitrogens with one attached hydrogen (secondary N) is 2. The molecule has 0 aromatic carbocycles. The summed E-state index contributed by atoms with van der Waals surface area (Å²) in [6, 6.07) is 3.01. The minimum Gasteiger partial charge on any atom is -0.550 e. The first-order valence-corrected chi connectivity index (χ1v) is 7.14. The first-order chi connectivity index (χ1) is 10.3. The second-order valence-corrected chi connectivity index (χ2v) is 5.72. The molecule has 1 aromatic rings. The molecule has 0 aliphatic heterocycles. The summed E-state index contributed by atoms with van der Waals surface area (Å²) < 4.78 is 4.87. The molecule has 0 unspecified atom stereocenters. The topological polar surface area (TPSA) is 111 Å². The lowest BCUT2D eigenvalue weighted by Crippen LogP contribution is -2.43. The van der Waals surface area contributed by atoms with Crippen LogP contribution in [-0.2, 0) is 9.59 Å². The zero-order valence-electron chi connectivity index (χ0n) is 12.9. The van der Waals surface area contributed by atoms with Gasteiger partial charge in [0.15, 0.2) is 5.76 Å². The van der Waals surface area contributed by atoms with E-state index >= 15 is 0 Å². The first kappa shape index (κ1) is 17.7. The lowest BCUT2D eigenvalue weighted by molar-refractivity contribution is -0.313. The van der Waals surface area contributed by atoms with Crippen molar-refractivity contribution in [3.63, 3.8) is 0 Å². The Morgan fingerprint density at radius 2 is 1.91 bits per heavy atom. The van der Waals surface area contributed by atoms with E-state index in [1.165, 1.54) is 12.3 Å². The Kier molecular flexibility index (Phi) is 6.62. The molecule has 0 radical (unpaired) electrons. The van der Waals surface area contributed by atoms with Crippen LogP contribution in [0.4, 0.5) is 0 Å². The van der Waals surface area contributed by atoms with Crippen molar-refractivity contribution < 1.29 is 23.9 Å². The van der Waals surface area contributed by atoms with Gasteiger partial charge in [-0.2, -0.15) is 0 Å². The third-order valence-electron chi connectivity index (χ3n) is 3.28. The van der Waals surface area contributed by atoms with E-state index in [0.717, 1.165) is 0 Å². The van der Waals surface area contributed by atoms with Crippen LogP contribution in [0.2, 0.25) is 0 Å². The predicted molar refractivity (Wildman–Crippen MR) is 76.0 cm³/mol. The molecule has 1 aromatic heterocycles. The van der Waals surface area contributed by atoms with Crippen LogP contribution in [0.5, 0.6) is 0 Å². The summed E-state index contributed by atoms with van der Waals surface area (Å²) in [6.07, 6.45) is 1.76. The summed E-state index contributed by atoms with van der Waals surface area (Å²) in [7, 11) is 0. The molecule has 2 amide bonds. The minimum atomic E-state index is -1.16. The molecule has 22 heavy (non-hydrogen) atoms. The summed E-state index contributed by atoms with van der Waals surface area (Å²) >= 11 is 0. The Morgan fingerprint density at radius 1 is 1.23 bits per heavy atom. The predicted octanol–water partition coefficient (Wildman–Crippen LogP) is 0.479. The van der Waals surface area contributed by atoms with Gasteiger partial charge in [-0.1, -0.05) is 20.8 Å². The van der Waals surface area contributed by atoms with Gasteiger partial charge in [-0.15, -0.1) is 0 Å². The number of hydrazine groups is 1. The Balaban J connectivity index is 2.45. The molecule has 0 aliphatic carbocycles. The molecule has 7 heteroatoms. The highest BCUT2D eigenvalue weighted by Gasteiger charge is 2.22. The van der Waals surface area contributed by atoms with E-state index < -0.39 is 29.6 Å². The van der Waals surface area contributed by atoms with Gasteiger partial charge in [-0.25, -0.2) is 0 Å². The standard InChI is InChI=1S/C15H22N2O5/c1-9(2)7-11(15(20)21)10(3)8-13(18)16-17-14(19)12-5-4-6-22-12/h4-6,9-11H,7-8H2,1-3H3,(H,16,18)(H,17,19)(H,20,21)/p-1/t10-,11+/m0/s1. The van der Waals surface area contributed by atoms with Gasteiger partial charge in [0, 0.05) is 18.3 Å². The molecule has 0 spiro atoms. The molecule has 0 fully saturated rings. The van der Waals surface area contributed by atoms with Crippen molar-refractivity contribution >= 4 is 17.8 Å². The van der Waals surface area contributed by atoms with Gasteiger partial charge in [0.25, 0.3) is 0 Å². The fourth-order valence-electron chi connectivity index (χ4n) is 2.15. The number of furan rings is 1. The largest absolute Gasteiger partial charge is 0.550 e. The highest BCUT2D eigenvalue weighted by molar-refractivity contribution is 5.92. The number of aliphatic carboxylic acids is 1. The number of carbonyl (C=O) groups is 3. The number of amides is 2. The van der Waals surface area contributed by atoms with Crippen molar-refractivity contribution in [2.45, 2.75) is 33.6 Å². The summed E-state index contributed by atoms with van der Waals surface area (Å²) in [4.78, 5) is 34.5. The monoisotopic (exact) mass is 309 g/mol. The second-order valence-electron chi connectivity index (χ2n) is 5.72. The van der Waals surface area contributed by atoms with E-state index in [2.05, 4.69) is 10.9 Å². The third-order valence-corrected chi connectivity index (χ3v) is 3.28. The van der Waals surface area contributed by atoms with E-state index in [4.69, 9.17) is 4.42 Å². The van der Waals surface area contributed by atoms with E-state index in [1.54, 1.807) is 13.0 Å². The second kappa shape index (κ2) is 8.21. The first-order valence-electron chi connectivity index (χ1n) is 7.14. The van der Waals surface area contributed by atoms with Gasteiger partial charge >= 0.3 is 5.91 Å². The Morgan fingerprint density at radius 3 is 2.41 bits per heavy atom. The highest BCUT2D eigenvalue weighted by atomic mass is 16.4. The van der Waals surface area contributed by atoms with E-state index in [9.17, 15) is 19.5 Å². The van der Waals surface area contributed by atoms with Crippen molar-refractivity contribution in [2.24, 2.45) is 17.8 Å². The van der Waals surface area contributed by atoms with Gasteiger partial charge in [-0.05, 0) is 30.4 Å².